The quantitative estimate of drug-likeness (QED) is 0.882. The topological polar surface area (TPSA) is 62.2 Å². The third-order valence-corrected chi connectivity index (χ3v) is 3.65. The van der Waals surface area contributed by atoms with Crippen molar-refractivity contribution in [1.29, 1.82) is 0 Å². The van der Waals surface area contributed by atoms with Crippen molar-refractivity contribution in [1.82, 2.24) is 4.98 Å². The Hall–Kier alpha value is -2.10. The van der Waals surface area contributed by atoms with E-state index in [9.17, 15) is 4.79 Å². The zero-order valence-electron chi connectivity index (χ0n) is 10.8. The van der Waals surface area contributed by atoms with Crippen LogP contribution in [0, 0.1) is 5.92 Å². The zero-order chi connectivity index (χ0) is 13.4. The molecule has 1 fully saturated rings. The van der Waals surface area contributed by atoms with Crippen molar-refractivity contribution in [2.75, 3.05) is 5.32 Å². The molecule has 0 amide bonds. The van der Waals surface area contributed by atoms with Crippen LogP contribution in [-0.2, 0) is 0 Å². The normalized spacial score (nSPS) is 16.3. The van der Waals surface area contributed by atoms with Crippen molar-refractivity contribution in [3.63, 3.8) is 0 Å². The van der Waals surface area contributed by atoms with Crippen LogP contribution in [0.1, 0.15) is 30.3 Å². The summed E-state index contributed by atoms with van der Waals surface area (Å²) in [4.78, 5) is 15.4. The standard InChI is InChI=1S/C15H16N2O2/c1-9(10-6-7-10)16-14-12-5-3-2-4-11(12)8-13(17-14)15(18)19/h2-5,8-10H,6-7H2,1H3,(H,16,17)(H,18,19). The molecule has 2 N–H and O–H groups in total. The van der Waals surface area contributed by atoms with Gasteiger partial charge in [-0.3, -0.25) is 0 Å². The predicted octanol–water partition coefficient (Wildman–Crippen LogP) is 3.14. The average molecular weight is 256 g/mol. The van der Waals surface area contributed by atoms with Crippen molar-refractivity contribution >= 4 is 22.6 Å². The minimum absolute atomic E-state index is 0.0872. The minimum atomic E-state index is -0.993. The molecule has 1 heterocycles. The van der Waals surface area contributed by atoms with Crippen LogP contribution < -0.4 is 5.32 Å². The maximum Gasteiger partial charge on any atom is 0.354 e. The van der Waals surface area contributed by atoms with Gasteiger partial charge in [0.2, 0.25) is 0 Å². The second-order valence-corrected chi connectivity index (χ2v) is 5.15. The number of carboxylic acids is 1. The van der Waals surface area contributed by atoms with Crippen molar-refractivity contribution in [2.45, 2.75) is 25.8 Å². The Morgan fingerprint density at radius 1 is 1.42 bits per heavy atom. The Morgan fingerprint density at radius 2 is 2.16 bits per heavy atom. The number of nitrogens with zero attached hydrogens (tertiary/aromatic N) is 1. The van der Waals surface area contributed by atoms with Gasteiger partial charge in [-0.15, -0.1) is 0 Å². The fourth-order valence-corrected chi connectivity index (χ4v) is 2.35. The first-order valence-electron chi connectivity index (χ1n) is 6.55. The van der Waals surface area contributed by atoms with E-state index in [4.69, 9.17) is 5.11 Å². The van der Waals surface area contributed by atoms with Crippen molar-refractivity contribution in [3.05, 3.63) is 36.0 Å². The molecule has 4 nitrogen and oxygen atoms in total. The average Bonchev–Trinajstić information content (AvgIpc) is 3.22. The summed E-state index contributed by atoms with van der Waals surface area (Å²) in [6.45, 7) is 2.13. The van der Waals surface area contributed by atoms with E-state index in [1.807, 2.05) is 24.3 Å². The number of hydrogen-bond acceptors (Lipinski definition) is 3. The van der Waals surface area contributed by atoms with Crippen LogP contribution in [0.15, 0.2) is 30.3 Å². The van der Waals surface area contributed by atoms with Gasteiger partial charge in [0, 0.05) is 11.4 Å². The zero-order valence-corrected chi connectivity index (χ0v) is 10.8. The molecule has 19 heavy (non-hydrogen) atoms. The Morgan fingerprint density at radius 3 is 2.84 bits per heavy atom. The summed E-state index contributed by atoms with van der Waals surface area (Å²) in [5.41, 5.74) is 0.0872. The van der Waals surface area contributed by atoms with Crippen LogP contribution in [0.3, 0.4) is 0 Å². The van der Waals surface area contributed by atoms with E-state index < -0.39 is 5.97 Å². The molecule has 1 aromatic carbocycles. The van der Waals surface area contributed by atoms with Gasteiger partial charge in [0.25, 0.3) is 0 Å². The third-order valence-electron chi connectivity index (χ3n) is 3.65. The molecule has 98 valence electrons. The smallest absolute Gasteiger partial charge is 0.354 e. The minimum Gasteiger partial charge on any atom is -0.477 e. The van der Waals surface area contributed by atoms with Crippen LogP contribution in [0.25, 0.3) is 10.8 Å². The molecule has 1 saturated carbocycles. The number of pyridine rings is 1. The molecule has 2 aromatic rings. The van der Waals surface area contributed by atoms with Crippen LogP contribution in [0.2, 0.25) is 0 Å². The monoisotopic (exact) mass is 256 g/mol. The Balaban J connectivity index is 2.06. The van der Waals surface area contributed by atoms with Crippen LogP contribution in [0.5, 0.6) is 0 Å². The second kappa shape index (κ2) is 4.53. The lowest BCUT2D eigenvalue weighted by molar-refractivity contribution is 0.0691. The molecule has 1 aliphatic rings. The van der Waals surface area contributed by atoms with Crippen LogP contribution in [0.4, 0.5) is 5.82 Å². The molecule has 0 radical (unpaired) electrons. The van der Waals surface area contributed by atoms with E-state index in [2.05, 4.69) is 17.2 Å². The first-order chi connectivity index (χ1) is 9.15. The Kier molecular flexibility index (Phi) is 2.85. The molecule has 0 saturated heterocycles. The van der Waals surface area contributed by atoms with E-state index in [1.54, 1.807) is 6.07 Å². The number of anilines is 1. The third kappa shape index (κ3) is 2.38. The van der Waals surface area contributed by atoms with Gasteiger partial charge in [-0.2, -0.15) is 0 Å². The molecule has 3 rings (SSSR count). The van der Waals surface area contributed by atoms with E-state index >= 15 is 0 Å². The number of fused-ring (bicyclic) bond motifs is 1. The number of carbonyl (C=O) groups is 1. The van der Waals surface area contributed by atoms with Gasteiger partial charge in [-0.05, 0) is 37.1 Å². The van der Waals surface area contributed by atoms with Crippen molar-refractivity contribution in [3.8, 4) is 0 Å². The number of carboxylic acid groups (broad SMARTS) is 1. The van der Waals surface area contributed by atoms with Crippen molar-refractivity contribution in [2.24, 2.45) is 5.92 Å². The lowest BCUT2D eigenvalue weighted by Crippen LogP contribution is -2.19. The Bertz CT molecular complexity index is 635. The number of aromatic nitrogens is 1. The van der Waals surface area contributed by atoms with E-state index in [0.717, 1.165) is 10.8 Å². The summed E-state index contributed by atoms with van der Waals surface area (Å²) in [7, 11) is 0. The molecular formula is C15H16N2O2. The van der Waals surface area contributed by atoms with Crippen LogP contribution in [-0.4, -0.2) is 22.1 Å². The fraction of sp³-hybridized carbons (Fsp3) is 0.333. The lowest BCUT2D eigenvalue weighted by atomic mass is 10.1. The van der Waals surface area contributed by atoms with Crippen LogP contribution >= 0.6 is 0 Å². The highest BCUT2D eigenvalue weighted by Gasteiger charge is 2.28. The highest BCUT2D eigenvalue weighted by Crippen LogP contribution is 2.34. The predicted molar refractivity (Wildman–Crippen MR) is 74.5 cm³/mol. The summed E-state index contributed by atoms with van der Waals surface area (Å²) >= 11 is 0. The summed E-state index contributed by atoms with van der Waals surface area (Å²) < 4.78 is 0. The van der Waals surface area contributed by atoms with Gasteiger partial charge >= 0.3 is 5.97 Å². The van der Waals surface area contributed by atoms with E-state index in [-0.39, 0.29) is 5.69 Å². The maximum atomic E-state index is 11.1. The fourth-order valence-electron chi connectivity index (χ4n) is 2.35. The van der Waals surface area contributed by atoms with Gasteiger partial charge < -0.3 is 10.4 Å². The molecule has 1 aromatic heterocycles. The van der Waals surface area contributed by atoms with Gasteiger partial charge in [-0.1, -0.05) is 24.3 Å². The first kappa shape index (κ1) is 12.0. The second-order valence-electron chi connectivity index (χ2n) is 5.15. The molecule has 1 atom stereocenters. The van der Waals surface area contributed by atoms with Gasteiger partial charge in [0.1, 0.15) is 5.82 Å². The first-order valence-corrected chi connectivity index (χ1v) is 6.55. The highest BCUT2D eigenvalue weighted by molar-refractivity contribution is 5.97. The maximum absolute atomic E-state index is 11.1. The van der Waals surface area contributed by atoms with Gasteiger partial charge in [0.05, 0.1) is 0 Å². The van der Waals surface area contributed by atoms with Crippen molar-refractivity contribution < 1.29 is 9.90 Å². The number of nitrogens with one attached hydrogen (secondary N) is 1. The molecule has 1 aliphatic carbocycles. The van der Waals surface area contributed by atoms with Gasteiger partial charge in [-0.25, -0.2) is 9.78 Å². The summed E-state index contributed by atoms with van der Waals surface area (Å²) in [5.74, 6) is 0.372. The molecule has 0 spiro atoms. The molecule has 1 unspecified atom stereocenters. The van der Waals surface area contributed by atoms with E-state index in [1.165, 1.54) is 12.8 Å². The van der Waals surface area contributed by atoms with E-state index in [0.29, 0.717) is 17.8 Å². The number of aromatic carboxylic acids is 1. The molecule has 0 bridgehead atoms. The molecule has 0 aliphatic heterocycles. The summed E-state index contributed by atoms with van der Waals surface area (Å²) in [5, 5.41) is 14.4. The largest absolute Gasteiger partial charge is 0.477 e. The molecular weight excluding hydrogens is 240 g/mol. The Labute approximate surface area is 111 Å². The highest BCUT2D eigenvalue weighted by atomic mass is 16.4. The lowest BCUT2D eigenvalue weighted by Gasteiger charge is -2.16. The number of hydrogen-bond donors (Lipinski definition) is 2. The summed E-state index contributed by atoms with van der Waals surface area (Å²) in [6.07, 6.45) is 2.48. The summed E-state index contributed by atoms with van der Waals surface area (Å²) in [6, 6.07) is 9.68. The molecule has 4 heteroatoms. The SMILES string of the molecule is CC(Nc1nc(C(=O)O)cc2ccccc12)C1CC1. The number of benzene rings is 1. The number of rotatable bonds is 4. The van der Waals surface area contributed by atoms with Gasteiger partial charge in [0.15, 0.2) is 5.69 Å².